The molecule has 0 aliphatic carbocycles. The second-order valence-corrected chi connectivity index (χ2v) is 3.83. The number of benzene rings is 1. The van der Waals surface area contributed by atoms with Gasteiger partial charge in [0.25, 0.3) is 0 Å². The number of allylic oxidation sites excluding steroid dienone is 1. The third kappa shape index (κ3) is 4.78. The third-order valence-electron chi connectivity index (χ3n) is 2.56. The van der Waals surface area contributed by atoms with Gasteiger partial charge in [-0.05, 0) is 37.3 Å². The van der Waals surface area contributed by atoms with Gasteiger partial charge in [-0.2, -0.15) is 0 Å². The molecule has 0 N–H and O–H groups in total. The monoisotopic (exact) mass is 206 g/mol. The highest BCUT2D eigenvalue weighted by Gasteiger charge is 1.99. The second-order valence-electron chi connectivity index (χ2n) is 3.83. The molecule has 0 fully saturated rings. The number of rotatable bonds is 7. The van der Waals surface area contributed by atoms with Crippen molar-refractivity contribution in [3.05, 3.63) is 48.3 Å². The standard InChI is InChI=1S/C14H19F/c1-2-3-4-5-6-7-10-13-11-8-9-12-14(13)15/h2,8-9,11-12H,1,3-7,10H2. The normalized spacial score (nSPS) is 10.2. The summed E-state index contributed by atoms with van der Waals surface area (Å²) in [5.74, 6) is -0.0661. The molecule has 0 saturated heterocycles. The predicted molar refractivity (Wildman–Crippen MR) is 63.4 cm³/mol. The van der Waals surface area contributed by atoms with Gasteiger partial charge < -0.3 is 0 Å². The Morgan fingerprint density at radius 2 is 1.80 bits per heavy atom. The van der Waals surface area contributed by atoms with E-state index in [0.717, 1.165) is 24.8 Å². The van der Waals surface area contributed by atoms with Crippen LogP contribution in [0, 0.1) is 5.82 Å². The molecule has 82 valence electrons. The van der Waals surface area contributed by atoms with Crippen molar-refractivity contribution in [3.8, 4) is 0 Å². The quantitative estimate of drug-likeness (QED) is 0.455. The minimum Gasteiger partial charge on any atom is -0.207 e. The lowest BCUT2D eigenvalue weighted by atomic mass is 10.1. The number of hydrogen-bond donors (Lipinski definition) is 0. The summed E-state index contributed by atoms with van der Waals surface area (Å²) in [5.41, 5.74) is 0.848. The van der Waals surface area contributed by atoms with Crippen LogP contribution in [0.5, 0.6) is 0 Å². The largest absolute Gasteiger partial charge is 0.207 e. The molecule has 0 bridgehead atoms. The zero-order valence-corrected chi connectivity index (χ0v) is 9.21. The minimum atomic E-state index is -0.0661. The summed E-state index contributed by atoms with van der Waals surface area (Å²) in [4.78, 5) is 0. The molecule has 0 unspecified atom stereocenters. The Morgan fingerprint density at radius 3 is 2.53 bits per heavy atom. The summed E-state index contributed by atoms with van der Waals surface area (Å²) in [5, 5.41) is 0. The third-order valence-corrected chi connectivity index (χ3v) is 2.56. The molecule has 0 radical (unpaired) electrons. The van der Waals surface area contributed by atoms with Crippen LogP contribution in [0.25, 0.3) is 0 Å². The summed E-state index contributed by atoms with van der Waals surface area (Å²) in [7, 11) is 0. The summed E-state index contributed by atoms with van der Waals surface area (Å²) in [6, 6.07) is 7.05. The van der Waals surface area contributed by atoms with Crippen LogP contribution in [0.3, 0.4) is 0 Å². The molecule has 0 amide bonds. The zero-order valence-electron chi connectivity index (χ0n) is 9.21. The number of halogens is 1. The molecule has 1 heteroatoms. The zero-order chi connectivity index (χ0) is 10.9. The highest BCUT2D eigenvalue weighted by molar-refractivity contribution is 5.17. The van der Waals surface area contributed by atoms with E-state index >= 15 is 0 Å². The Kier molecular flexibility index (Phi) is 5.76. The first-order chi connectivity index (χ1) is 7.34. The summed E-state index contributed by atoms with van der Waals surface area (Å²) in [6.45, 7) is 3.69. The first kappa shape index (κ1) is 12.0. The molecule has 1 aromatic carbocycles. The van der Waals surface area contributed by atoms with E-state index in [9.17, 15) is 4.39 Å². The molecule has 15 heavy (non-hydrogen) atoms. The van der Waals surface area contributed by atoms with Crippen molar-refractivity contribution >= 4 is 0 Å². The molecule has 0 aliphatic heterocycles. The van der Waals surface area contributed by atoms with Crippen LogP contribution in [0.4, 0.5) is 4.39 Å². The van der Waals surface area contributed by atoms with E-state index < -0.39 is 0 Å². The van der Waals surface area contributed by atoms with Gasteiger partial charge in [0.05, 0.1) is 0 Å². The van der Waals surface area contributed by atoms with Crippen LogP contribution in [-0.4, -0.2) is 0 Å². The molecule has 0 spiro atoms. The molecule has 1 aromatic rings. The Balaban J connectivity index is 2.15. The van der Waals surface area contributed by atoms with Gasteiger partial charge in [0.15, 0.2) is 0 Å². The fourth-order valence-electron chi connectivity index (χ4n) is 1.66. The van der Waals surface area contributed by atoms with E-state index in [-0.39, 0.29) is 5.82 Å². The lowest BCUT2D eigenvalue weighted by Gasteiger charge is -2.02. The maximum absolute atomic E-state index is 13.2. The topological polar surface area (TPSA) is 0 Å². The number of aryl methyl sites for hydroxylation is 1. The lowest BCUT2D eigenvalue weighted by molar-refractivity contribution is 0.590. The summed E-state index contributed by atoms with van der Waals surface area (Å²) < 4.78 is 13.2. The van der Waals surface area contributed by atoms with E-state index in [0.29, 0.717) is 0 Å². The first-order valence-electron chi connectivity index (χ1n) is 5.69. The van der Waals surface area contributed by atoms with Crippen molar-refractivity contribution in [2.75, 3.05) is 0 Å². The minimum absolute atomic E-state index is 0.0661. The molecule has 0 atom stereocenters. The van der Waals surface area contributed by atoms with Crippen LogP contribution >= 0.6 is 0 Å². The fourth-order valence-corrected chi connectivity index (χ4v) is 1.66. The molecule has 0 saturated carbocycles. The van der Waals surface area contributed by atoms with E-state index in [1.165, 1.54) is 25.3 Å². The van der Waals surface area contributed by atoms with E-state index in [1.807, 2.05) is 18.2 Å². The average molecular weight is 206 g/mol. The Labute approximate surface area is 91.8 Å². The first-order valence-corrected chi connectivity index (χ1v) is 5.69. The predicted octanol–water partition coefficient (Wildman–Crippen LogP) is 4.50. The van der Waals surface area contributed by atoms with Gasteiger partial charge in [-0.1, -0.05) is 37.1 Å². The van der Waals surface area contributed by atoms with Crippen molar-refractivity contribution in [2.45, 2.75) is 38.5 Å². The van der Waals surface area contributed by atoms with Gasteiger partial charge in [-0.25, -0.2) is 4.39 Å². The maximum atomic E-state index is 13.2. The van der Waals surface area contributed by atoms with Crippen molar-refractivity contribution in [3.63, 3.8) is 0 Å². The van der Waals surface area contributed by atoms with E-state index in [2.05, 4.69) is 6.58 Å². The van der Waals surface area contributed by atoms with Gasteiger partial charge in [0.2, 0.25) is 0 Å². The molecular formula is C14H19F. The van der Waals surface area contributed by atoms with Crippen molar-refractivity contribution in [2.24, 2.45) is 0 Å². The Hall–Kier alpha value is -1.11. The number of unbranched alkanes of at least 4 members (excludes halogenated alkanes) is 4. The van der Waals surface area contributed by atoms with Gasteiger partial charge in [-0.15, -0.1) is 6.58 Å². The molecule has 0 heterocycles. The Morgan fingerprint density at radius 1 is 1.07 bits per heavy atom. The summed E-state index contributed by atoms with van der Waals surface area (Å²) in [6.07, 6.45) is 8.61. The molecular weight excluding hydrogens is 187 g/mol. The van der Waals surface area contributed by atoms with Crippen LogP contribution in [0.1, 0.15) is 37.7 Å². The number of hydrogen-bond acceptors (Lipinski definition) is 0. The highest BCUT2D eigenvalue weighted by Crippen LogP contribution is 2.12. The molecule has 0 aromatic heterocycles. The lowest BCUT2D eigenvalue weighted by Crippen LogP contribution is -1.90. The fraction of sp³-hybridized carbons (Fsp3) is 0.429. The maximum Gasteiger partial charge on any atom is 0.126 e. The van der Waals surface area contributed by atoms with Crippen molar-refractivity contribution < 1.29 is 4.39 Å². The van der Waals surface area contributed by atoms with Crippen LogP contribution in [-0.2, 0) is 6.42 Å². The highest BCUT2D eigenvalue weighted by atomic mass is 19.1. The van der Waals surface area contributed by atoms with Gasteiger partial charge >= 0.3 is 0 Å². The van der Waals surface area contributed by atoms with Crippen molar-refractivity contribution in [1.82, 2.24) is 0 Å². The van der Waals surface area contributed by atoms with Crippen LogP contribution in [0.15, 0.2) is 36.9 Å². The van der Waals surface area contributed by atoms with Gasteiger partial charge in [-0.3, -0.25) is 0 Å². The van der Waals surface area contributed by atoms with E-state index in [4.69, 9.17) is 0 Å². The molecule has 0 aliphatic rings. The molecule has 0 nitrogen and oxygen atoms in total. The van der Waals surface area contributed by atoms with E-state index in [1.54, 1.807) is 6.07 Å². The smallest absolute Gasteiger partial charge is 0.126 e. The molecule has 1 rings (SSSR count). The van der Waals surface area contributed by atoms with Crippen LogP contribution in [0.2, 0.25) is 0 Å². The second kappa shape index (κ2) is 7.22. The summed E-state index contributed by atoms with van der Waals surface area (Å²) >= 11 is 0. The Bertz CT molecular complexity index is 291. The van der Waals surface area contributed by atoms with Gasteiger partial charge in [0, 0.05) is 0 Å². The van der Waals surface area contributed by atoms with Crippen molar-refractivity contribution in [1.29, 1.82) is 0 Å². The van der Waals surface area contributed by atoms with Crippen LogP contribution < -0.4 is 0 Å². The SMILES string of the molecule is C=CCCCCCCc1ccccc1F. The average Bonchev–Trinajstić information content (AvgIpc) is 2.25. The van der Waals surface area contributed by atoms with Gasteiger partial charge in [0.1, 0.15) is 5.82 Å².